The Morgan fingerprint density at radius 2 is 2.29 bits per heavy atom. The highest BCUT2D eigenvalue weighted by Crippen LogP contribution is 2.33. The molecule has 0 amide bonds. The van der Waals surface area contributed by atoms with Crippen molar-refractivity contribution in [3.63, 3.8) is 0 Å². The lowest BCUT2D eigenvalue weighted by Gasteiger charge is -2.02. The number of nitrogens with zero attached hydrogens (tertiary/aromatic N) is 1. The van der Waals surface area contributed by atoms with Crippen LogP contribution in [0.3, 0.4) is 0 Å². The maximum absolute atomic E-state index is 13.5. The lowest BCUT2D eigenvalue weighted by atomic mass is 10.2. The molecule has 0 aliphatic carbocycles. The van der Waals surface area contributed by atoms with Gasteiger partial charge in [-0.3, -0.25) is 0 Å². The topological polar surface area (TPSA) is 38.9 Å². The molecule has 2 N–H and O–H groups in total. The molecule has 90 valence electrons. The standard InChI is InChI=1S/C11H10ClFN2S2/c1-6-10(17-11(14)15-6)16-5-7-4-8(12)2-3-9(7)13/h2-4H,5H2,1H3,(H2,14,15). The SMILES string of the molecule is Cc1nc(N)sc1SCc1cc(Cl)ccc1F. The lowest BCUT2D eigenvalue weighted by Crippen LogP contribution is -1.87. The van der Waals surface area contributed by atoms with Crippen molar-refractivity contribution in [2.24, 2.45) is 0 Å². The van der Waals surface area contributed by atoms with Crippen LogP contribution < -0.4 is 5.73 Å². The van der Waals surface area contributed by atoms with Gasteiger partial charge in [-0.15, -0.1) is 11.8 Å². The van der Waals surface area contributed by atoms with E-state index in [1.807, 2.05) is 6.92 Å². The highest BCUT2D eigenvalue weighted by atomic mass is 35.5. The normalized spacial score (nSPS) is 10.8. The van der Waals surface area contributed by atoms with Crippen LogP contribution in [0, 0.1) is 12.7 Å². The van der Waals surface area contributed by atoms with Gasteiger partial charge in [-0.05, 0) is 30.7 Å². The van der Waals surface area contributed by atoms with E-state index in [0.29, 0.717) is 21.5 Å². The van der Waals surface area contributed by atoms with Crippen molar-refractivity contribution in [1.82, 2.24) is 4.98 Å². The van der Waals surface area contributed by atoms with Crippen LogP contribution in [0.25, 0.3) is 0 Å². The number of hydrogen-bond donors (Lipinski definition) is 1. The molecule has 1 aromatic carbocycles. The molecular weight excluding hydrogens is 279 g/mol. The third-order valence-corrected chi connectivity index (χ3v) is 4.77. The molecule has 6 heteroatoms. The van der Waals surface area contributed by atoms with Gasteiger partial charge in [0.2, 0.25) is 0 Å². The van der Waals surface area contributed by atoms with E-state index in [-0.39, 0.29) is 5.82 Å². The van der Waals surface area contributed by atoms with Gasteiger partial charge in [0.25, 0.3) is 0 Å². The van der Waals surface area contributed by atoms with Gasteiger partial charge in [0, 0.05) is 10.8 Å². The lowest BCUT2D eigenvalue weighted by molar-refractivity contribution is 0.617. The molecule has 0 fully saturated rings. The van der Waals surface area contributed by atoms with E-state index in [2.05, 4.69) is 4.98 Å². The van der Waals surface area contributed by atoms with Crippen molar-refractivity contribution in [3.05, 3.63) is 40.3 Å². The number of thiazole rings is 1. The molecule has 2 aromatic rings. The van der Waals surface area contributed by atoms with Crippen LogP contribution in [0.5, 0.6) is 0 Å². The fourth-order valence-electron chi connectivity index (χ4n) is 1.33. The van der Waals surface area contributed by atoms with Gasteiger partial charge in [-0.25, -0.2) is 9.37 Å². The van der Waals surface area contributed by atoms with Crippen molar-refractivity contribution < 1.29 is 4.39 Å². The van der Waals surface area contributed by atoms with Crippen molar-refractivity contribution in [2.75, 3.05) is 5.73 Å². The van der Waals surface area contributed by atoms with E-state index < -0.39 is 0 Å². The van der Waals surface area contributed by atoms with Crippen molar-refractivity contribution >= 4 is 39.8 Å². The molecule has 0 aliphatic rings. The molecule has 0 aliphatic heterocycles. The van der Waals surface area contributed by atoms with Gasteiger partial charge in [0.1, 0.15) is 5.82 Å². The van der Waals surface area contributed by atoms with Crippen molar-refractivity contribution in [3.8, 4) is 0 Å². The molecule has 0 unspecified atom stereocenters. The second kappa shape index (κ2) is 5.25. The number of aryl methyl sites for hydroxylation is 1. The number of benzene rings is 1. The number of thioether (sulfide) groups is 1. The van der Waals surface area contributed by atoms with Crippen LogP contribution in [0.15, 0.2) is 22.4 Å². The molecule has 1 heterocycles. The maximum Gasteiger partial charge on any atom is 0.181 e. The summed E-state index contributed by atoms with van der Waals surface area (Å²) in [5.41, 5.74) is 7.08. The first-order valence-corrected chi connectivity index (χ1v) is 7.04. The number of nitrogens with two attached hydrogens (primary N) is 1. The highest BCUT2D eigenvalue weighted by Gasteiger charge is 2.08. The molecule has 0 bridgehead atoms. The van der Waals surface area contributed by atoms with Crippen LogP contribution in [0.2, 0.25) is 5.02 Å². The van der Waals surface area contributed by atoms with Gasteiger partial charge >= 0.3 is 0 Å². The number of anilines is 1. The summed E-state index contributed by atoms with van der Waals surface area (Å²) in [5.74, 6) is 0.284. The smallest absolute Gasteiger partial charge is 0.181 e. The summed E-state index contributed by atoms with van der Waals surface area (Å²) in [7, 11) is 0. The average molecular weight is 289 g/mol. The molecular formula is C11H10ClFN2S2. The first kappa shape index (κ1) is 12.7. The molecule has 0 spiro atoms. The Labute approximate surface area is 112 Å². The number of rotatable bonds is 3. The maximum atomic E-state index is 13.5. The fraction of sp³-hybridized carbons (Fsp3) is 0.182. The molecule has 2 rings (SSSR count). The minimum Gasteiger partial charge on any atom is -0.375 e. The second-order valence-corrected chi connectivity index (χ2v) is 6.16. The Balaban J connectivity index is 2.12. The van der Waals surface area contributed by atoms with E-state index in [9.17, 15) is 4.39 Å². The number of hydrogen-bond acceptors (Lipinski definition) is 4. The number of aromatic nitrogens is 1. The van der Waals surface area contributed by atoms with Crippen molar-refractivity contribution in [2.45, 2.75) is 16.9 Å². The summed E-state index contributed by atoms with van der Waals surface area (Å²) in [6, 6.07) is 4.57. The fourth-order valence-corrected chi connectivity index (χ4v) is 3.53. The number of nitrogen functional groups attached to an aromatic ring is 1. The third kappa shape index (κ3) is 3.12. The largest absolute Gasteiger partial charge is 0.375 e. The summed E-state index contributed by atoms with van der Waals surface area (Å²) >= 11 is 8.77. The van der Waals surface area contributed by atoms with E-state index in [1.54, 1.807) is 12.1 Å². The van der Waals surface area contributed by atoms with Gasteiger partial charge in [-0.1, -0.05) is 22.9 Å². The summed E-state index contributed by atoms with van der Waals surface area (Å²) < 4.78 is 14.5. The van der Waals surface area contributed by atoms with Crippen LogP contribution in [0.1, 0.15) is 11.3 Å². The van der Waals surface area contributed by atoms with Gasteiger partial charge in [-0.2, -0.15) is 0 Å². The van der Waals surface area contributed by atoms with Gasteiger partial charge in [0.05, 0.1) is 9.90 Å². The average Bonchev–Trinajstić information content (AvgIpc) is 2.59. The molecule has 0 atom stereocenters. The van der Waals surface area contributed by atoms with Crippen LogP contribution >= 0.6 is 34.7 Å². The minimum absolute atomic E-state index is 0.239. The Kier molecular flexibility index (Phi) is 3.91. The monoisotopic (exact) mass is 288 g/mol. The Morgan fingerprint density at radius 1 is 1.53 bits per heavy atom. The predicted octanol–water partition coefficient (Wildman–Crippen LogP) is 4.12. The zero-order valence-corrected chi connectivity index (χ0v) is 11.4. The zero-order chi connectivity index (χ0) is 12.4. The third-order valence-electron chi connectivity index (χ3n) is 2.14. The second-order valence-electron chi connectivity index (χ2n) is 3.45. The zero-order valence-electron chi connectivity index (χ0n) is 9.04. The predicted molar refractivity (Wildman–Crippen MR) is 72.2 cm³/mol. The number of halogens is 2. The van der Waals surface area contributed by atoms with Gasteiger partial charge < -0.3 is 5.73 Å². The first-order chi connectivity index (χ1) is 8.06. The summed E-state index contributed by atoms with van der Waals surface area (Å²) in [6.07, 6.45) is 0. The van der Waals surface area contributed by atoms with E-state index in [1.165, 1.54) is 29.2 Å². The van der Waals surface area contributed by atoms with E-state index in [0.717, 1.165) is 9.90 Å². The van der Waals surface area contributed by atoms with E-state index >= 15 is 0 Å². The highest BCUT2D eigenvalue weighted by molar-refractivity contribution is 8.00. The molecule has 2 nitrogen and oxygen atoms in total. The van der Waals surface area contributed by atoms with Crippen LogP contribution in [0.4, 0.5) is 9.52 Å². The van der Waals surface area contributed by atoms with Crippen LogP contribution in [-0.4, -0.2) is 4.98 Å². The summed E-state index contributed by atoms with van der Waals surface area (Å²) in [5, 5.41) is 1.08. The van der Waals surface area contributed by atoms with Crippen LogP contribution in [-0.2, 0) is 5.75 Å². The quantitative estimate of drug-likeness (QED) is 0.864. The molecule has 17 heavy (non-hydrogen) atoms. The molecule has 0 saturated carbocycles. The van der Waals surface area contributed by atoms with E-state index in [4.69, 9.17) is 17.3 Å². The van der Waals surface area contributed by atoms with Crippen molar-refractivity contribution in [1.29, 1.82) is 0 Å². The summed E-state index contributed by atoms with van der Waals surface area (Å²) in [4.78, 5) is 4.12. The Bertz CT molecular complexity index is 542. The first-order valence-electron chi connectivity index (χ1n) is 4.86. The summed E-state index contributed by atoms with van der Waals surface area (Å²) in [6.45, 7) is 1.89. The Morgan fingerprint density at radius 3 is 2.94 bits per heavy atom. The van der Waals surface area contributed by atoms with Gasteiger partial charge in [0.15, 0.2) is 5.13 Å². The minimum atomic E-state index is -0.239. The molecule has 0 saturated heterocycles. The molecule has 0 radical (unpaired) electrons. The molecule has 1 aromatic heterocycles. The Hall–Kier alpha value is -0.780.